The highest BCUT2D eigenvalue weighted by molar-refractivity contribution is 6.89. The number of methoxy groups -OCH3 is 1. The van der Waals surface area contributed by atoms with Crippen LogP contribution in [-0.4, -0.2) is 20.2 Å². The van der Waals surface area contributed by atoms with Crippen LogP contribution < -0.4 is 9.92 Å². The molecule has 1 heterocycles. The Morgan fingerprint density at radius 2 is 1.81 bits per heavy atom. The molecule has 0 amide bonds. The van der Waals surface area contributed by atoms with Gasteiger partial charge >= 0.3 is 0 Å². The summed E-state index contributed by atoms with van der Waals surface area (Å²) in [6.45, 7) is 11.6. The van der Waals surface area contributed by atoms with Gasteiger partial charge in [-0.3, -0.25) is 4.98 Å². The van der Waals surface area contributed by atoms with Crippen molar-refractivity contribution in [2.75, 3.05) is 7.11 Å². The fourth-order valence-electron chi connectivity index (χ4n) is 2.52. The van der Waals surface area contributed by atoms with Crippen molar-refractivity contribution in [1.29, 1.82) is 0 Å². The lowest BCUT2D eigenvalue weighted by Gasteiger charge is -2.23. The Balaban J connectivity index is 2.54. The Bertz CT molecular complexity index is 629. The minimum Gasteiger partial charge on any atom is -0.497 e. The van der Waals surface area contributed by atoms with E-state index in [0.717, 1.165) is 17.0 Å². The highest BCUT2D eigenvalue weighted by Gasteiger charge is 2.22. The molecular weight excluding hydrogens is 274 g/mol. The third-order valence-electron chi connectivity index (χ3n) is 3.73. The fourth-order valence-corrected chi connectivity index (χ4v) is 4.19. The maximum atomic E-state index is 5.31. The average Bonchev–Trinajstić information content (AvgIpc) is 2.45. The van der Waals surface area contributed by atoms with Crippen molar-refractivity contribution >= 4 is 13.3 Å². The molecule has 1 aromatic heterocycles. The Morgan fingerprint density at radius 1 is 1.10 bits per heavy atom. The normalized spacial score (nSPS) is 11.8. The van der Waals surface area contributed by atoms with Crippen molar-refractivity contribution in [2.24, 2.45) is 0 Å². The molecule has 0 unspecified atom stereocenters. The van der Waals surface area contributed by atoms with E-state index in [4.69, 9.17) is 9.72 Å². The van der Waals surface area contributed by atoms with Crippen LogP contribution in [0.1, 0.15) is 25.3 Å². The molecule has 0 radical (unpaired) electrons. The quantitative estimate of drug-likeness (QED) is 0.779. The van der Waals surface area contributed by atoms with Crippen molar-refractivity contribution in [3.63, 3.8) is 0 Å². The number of ether oxygens (including phenoxy) is 1. The lowest BCUT2D eigenvalue weighted by Crippen LogP contribution is -2.40. The number of rotatable bonds is 4. The monoisotopic (exact) mass is 299 g/mol. The molecule has 2 rings (SSSR count). The van der Waals surface area contributed by atoms with Crippen LogP contribution in [-0.2, 0) is 0 Å². The summed E-state index contributed by atoms with van der Waals surface area (Å²) in [5.74, 6) is 1.38. The van der Waals surface area contributed by atoms with Gasteiger partial charge in [0, 0.05) is 11.8 Å². The van der Waals surface area contributed by atoms with E-state index in [1.807, 2.05) is 18.2 Å². The van der Waals surface area contributed by atoms with E-state index in [1.165, 1.54) is 10.8 Å². The predicted octanol–water partition coefficient (Wildman–Crippen LogP) is 4.43. The molecule has 2 nitrogen and oxygen atoms in total. The summed E-state index contributed by atoms with van der Waals surface area (Å²) in [6.07, 6.45) is 2.09. The van der Waals surface area contributed by atoms with Crippen LogP contribution in [0.4, 0.5) is 0 Å². The van der Waals surface area contributed by atoms with E-state index >= 15 is 0 Å². The molecule has 0 bridgehead atoms. The molecule has 3 heteroatoms. The number of hydrogen-bond acceptors (Lipinski definition) is 2. The summed E-state index contributed by atoms with van der Waals surface area (Å²) in [5.41, 5.74) is 3.57. The summed E-state index contributed by atoms with van der Waals surface area (Å²) >= 11 is 0. The molecular formula is C18H25NOSi. The maximum absolute atomic E-state index is 5.31. The second-order valence-corrected chi connectivity index (χ2v) is 11.8. The highest BCUT2D eigenvalue weighted by Crippen LogP contribution is 2.25. The number of nitrogens with zero attached hydrogens (tertiary/aromatic N) is 1. The molecule has 2 aromatic rings. The zero-order chi connectivity index (χ0) is 15.6. The number of pyridine rings is 1. The third kappa shape index (κ3) is 3.53. The molecule has 0 saturated heterocycles. The van der Waals surface area contributed by atoms with Gasteiger partial charge in [-0.25, -0.2) is 0 Å². The van der Waals surface area contributed by atoms with Crippen LogP contribution in [0.2, 0.25) is 19.6 Å². The SMILES string of the molecule is COc1cccc(-c2cc(C(C)C)c([Si](C)(C)C)cn2)c1. The van der Waals surface area contributed by atoms with Gasteiger partial charge in [0.05, 0.1) is 20.9 Å². The molecule has 0 saturated carbocycles. The van der Waals surface area contributed by atoms with Gasteiger partial charge in [0.1, 0.15) is 5.75 Å². The largest absolute Gasteiger partial charge is 0.497 e. The smallest absolute Gasteiger partial charge is 0.119 e. The van der Waals surface area contributed by atoms with Gasteiger partial charge in [0.2, 0.25) is 0 Å². The van der Waals surface area contributed by atoms with Crippen molar-refractivity contribution in [2.45, 2.75) is 39.4 Å². The lowest BCUT2D eigenvalue weighted by atomic mass is 10.0. The topological polar surface area (TPSA) is 22.1 Å². The van der Waals surface area contributed by atoms with E-state index in [2.05, 4.69) is 51.8 Å². The molecule has 0 aliphatic rings. The molecule has 0 atom stereocenters. The molecule has 0 N–H and O–H groups in total. The van der Waals surface area contributed by atoms with Gasteiger partial charge < -0.3 is 4.74 Å². The Morgan fingerprint density at radius 3 is 2.38 bits per heavy atom. The first-order chi connectivity index (χ1) is 9.82. The predicted molar refractivity (Wildman–Crippen MR) is 93.3 cm³/mol. The van der Waals surface area contributed by atoms with Gasteiger partial charge in [-0.05, 0) is 34.9 Å². The first-order valence-corrected chi connectivity index (χ1v) is 11.0. The van der Waals surface area contributed by atoms with Crippen molar-refractivity contribution in [3.05, 3.63) is 42.1 Å². The van der Waals surface area contributed by atoms with Crippen LogP contribution in [0.5, 0.6) is 5.75 Å². The van der Waals surface area contributed by atoms with Gasteiger partial charge in [-0.1, -0.05) is 45.6 Å². The average molecular weight is 299 g/mol. The van der Waals surface area contributed by atoms with E-state index < -0.39 is 8.07 Å². The fraction of sp³-hybridized carbons (Fsp3) is 0.389. The third-order valence-corrected chi connectivity index (χ3v) is 5.77. The summed E-state index contributed by atoms with van der Waals surface area (Å²) in [7, 11) is 0.325. The molecule has 112 valence electrons. The maximum Gasteiger partial charge on any atom is 0.119 e. The van der Waals surface area contributed by atoms with Gasteiger partial charge in [-0.15, -0.1) is 0 Å². The van der Waals surface area contributed by atoms with E-state index in [9.17, 15) is 0 Å². The van der Waals surface area contributed by atoms with Crippen molar-refractivity contribution in [1.82, 2.24) is 4.98 Å². The number of benzene rings is 1. The standard InChI is InChI=1S/C18H25NOSi/c1-13(2)16-11-17(19-12-18(16)21(4,5)6)14-8-7-9-15(10-14)20-3/h7-13H,1-6H3. The van der Waals surface area contributed by atoms with Crippen LogP contribution in [0.25, 0.3) is 11.3 Å². The van der Waals surface area contributed by atoms with Gasteiger partial charge in [0.25, 0.3) is 0 Å². The lowest BCUT2D eigenvalue weighted by molar-refractivity contribution is 0.415. The molecule has 0 aliphatic heterocycles. The van der Waals surface area contributed by atoms with Crippen LogP contribution >= 0.6 is 0 Å². The first-order valence-electron chi connectivity index (χ1n) is 7.47. The van der Waals surface area contributed by atoms with Crippen LogP contribution in [0.15, 0.2) is 36.5 Å². The molecule has 0 aliphatic carbocycles. The zero-order valence-electron chi connectivity index (χ0n) is 13.9. The Labute approximate surface area is 129 Å². The highest BCUT2D eigenvalue weighted by atomic mass is 28.3. The second kappa shape index (κ2) is 6.02. The van der Waals surface area contributed by atoms with E-state index in [1.54, 1.807) is 7.11 Å². The molecule has 21 heavy (non-hydrogen) atoms. The first kappa shape index (κ1) is 15.8. The molecule has 1 aromatic carbocycles. The number of hydrogen-bond donors (Lipinski definition) is 0. The summed E-state index contributed by atoms with van der Waals surface area (Å²) in [6, 6.07) is 10.4. The van der Waals surface area contributed by atoms with Crippen LogP contribution in [0, 0.1) is 0 Å². The van der Waals surface area contributed by atoms with Gasteiger partial charge in [-0.2, -0.15) is 0 Å². The summed E-state index contributed by atoms with van der Waals surface area (Å²) < 4.78 is 5.31. The van der Waals surface area contributed by atoms with Crippen molar-refractivity contribution < 1.29 is 4.74 Å². The summed E-state index contributed by atoms with van der Waals surface area (Å²) in [4.78, 5) is 4.71. The minimum absolute atomic E-state index is 0.513. The van der Waals surface area contributed by atoms with Crippen molar-refractivity contribution in [3.8, 4) is 17.0 Å². The summed E-state index contributed by atoms with van der Waals surface area (Å²) in [5, 5.41) is 1.46. The van der Waals surface area contributed by atoms with E-state index in [0.29, 0.717) is 5.92 Å². The Kier molecular flexibility index (Phi) is 4.52. The van der Waals surface area contributed by atoms with Gasteiger partial charge in [0.15, 0.2) is 0 Å². The van der Waals surface area contributed by atoms with Crippen LogP contribution in [0.3, 0.4) is 0 Å². The number of aromatic nitrogens is 1. The van der Waals surface area contributed by atoms with E-state index in [-0.39, 0.29) is 0 Å². The zero-order valence-corrected chi connectivity index (χ0v) is 14.9. The minimum atomic E-state index is -1.37. The molecule has 0 spiro atoms. The second-order valence-electron chi connectivity index (χ2n) is 6.79. The molecule has 0 fully saturated rings. The Hall–Kier alpha value is -1.61.